The summed E-state index contributed by atoms with van der Waals surface area (Å²) in [5.74, 6) is -0.129. The van der Waals surface area contributed by atoms with E-state index in [1.807, 2.05) is 32.7 Å². The highest BCUT2D eigenvalue weighted by atomic mass is 32.1. The molecule has 1 fully saturated rings. The molecule has 1 atom stereocenters. The smallest absolute Gasteiger partial charge is 0.228 e. The second-order valence-electron chi connectivity index (χ2n) is 7.51. The fraction of sp³-hybridized carbons (Fsp3) is 0.304. The van der Waals surface area contributed by atoms with E-state index in [4.69, 9.17) is 0 Å². The van der Waals surface area contributed by atoms with E-state index < -0.39 is 0 Å². The molecule has 0 N–H and O–H groups in total. The standard InChI is InChI=1S/C23H24N2O2S2/c1-17-6-8-18(9-7-17)13-24-14-19(12-22(24)26)23(27)25(15-20-4-2-10-28-20)16-21-5-3-11-29-21/h2-11,19H,12-16H2,1H3. The fourth-order valence-corrected chi connectivity index (χ4v) is 5.09. The Balaban J connectivity index is 1.45. The Morgan fingerprint density at radius 3 is 2.21 bits per heavy atom. The molecule has 3 heterocycles. The first kappa shape index (κ1) is 19.9. The Morgan fingerprint density at radius 2 is 1.66 bits per heavy atom. The van der Waals surface area contributed by atoms with Crippen LogP contribution in [0.25, 0.3) is 0 Å². The summed E-state index contributed by atoms with van der Waals surface area (Å²) in [7, 11) is 0. The van der Waals surface area contributed by atoms with Gasteiger partial charge in [0.05, 0.1) is 19.0 Å². The van der Waals surface area contributed by atoms with Crippen LogP contribution in [0.4, 0.5) is 0 Å². The van der Waals surface area contributed by atoms with E-state index in [1.54, 1.807) is 22.7 Å². The summed E-state index contributed by atoms with van der Waals surface area (Å²) in [6.45, 7) is 4.30. The number of carbonyl (C=O) groups excluding carboxylic acids is 2. The highest BCUT2D eigenvalue weighted by Crippen LogP contribution is 2.25. The predicted octanol–water partition coefficient (Wildman–Crippen LogP) is 4.70. The molecule has 150 valence electrons. The van der Waals surface area contributed by atoms with Crippen molar-refractivity contribution in [2.24, 2.45) is 5.92 Å². The van der Waals surface area contributed by atoms with Gasteiger partial charge in [-0.2, -0.15) is 0 Å². The number of carbonyl (C=O) groups is 2. The zero-order chi connectivity index (χ0) is 20.2. The van der Waals surface area contributed by atoms with Crippen LogP contribution in [0.3, 0.4) is 0 Å². The van der Waals surface area contributed by atoms with Gasteiger partial charge in [0.2, 0.25) is 11.8 Å². The van der Waals surface area contributed by atoms with E-state index in [0.29, 0.717) is 32.6 Å². The van der Waals surface area contributed by atoms with Crippen LogP contribution in [0, 0.1) is 12.8 Å². The lowest BCUT2D eigenvalue weighted by Crippen LogP contribution is -2.36. The number of hydrogen-bond donors (Lipinski definition) is 0. The lowest BCUT2D eigenvalue weighted by molar-refractivity contribution is -0.137. The van der Waals surface area contributed by atoms with Gasteiger partial charge >= 0.3 is 0 Å². The summed E-state index contributed by atoms with van der Waals surface area (Å²) in [5, 5.41) is 4.07. The first-order valence-corrected chi connectivity index (χ1v) is 11.5. The van der Waals surface area contributed by atoms with Crippen LogP contribution in [0.15, 0.2) is 59.3 Å². The number of rotatable bonds is 7. The number of amides is 2. The Hall–Kier alpha value is -2.44. The molecular formula is C23H24N2O2S2. The van der Waals surface area contributed by atoms with Crippen LogP contribution in [-0.4, -0.2) is 28.2 Å². The number of likely N-dealkylation sites (tertiary alicyclic amines) is 1. The molecule has 1 saturated heterocycles. The zero-order valence-electron chi connectivity index (χ0n) is 16.4. The minimum absolute atomic E-state index is 0.0659. The van der Waals surface area contributed by atoms with E-state index in [-0.39, 0.29) is 17.7 Å². The minimum atomic E-state index is -0.270. The third-order valence-corrected chi connectivity index (χ3v) is 6.95. The highest BCUT2D eigenvalue weighted by Gasteiger charge is 2.36. The molecule has 4 rings (SSSR count). The van der Waals surface area contributed by atoms with Crippen molar-refractivity contribution in [2.75, 3.05) is 6.54 Å². The second kappa shape index (κ2) is 8.93. The van der Waals surface area contributed by atoms with Gasteiger partial charge in [0, 0.05) is 29.3 Å². The molecule has 0 spiro atoms. The quantitative estimate of drug-likeness (QED) is 0.552. The lowest BCUT2D eigenvalue weighted by atomic mass is 10.1. The van der Waals surface area contributed by atoms with Crippen LogP contribution in [-0.2, 0) is 29.2 Å². The monoisotopic (exact) mass is 424 g/mol. The van der Waals surface area contributed by atoms with E-state index in [2.05, 4.69) is 43.3 Å². The molecule has 4 nitrogen and oxygen atoms in total. The van der Waals surface area contributed by atoms with Crippen molar-refractivity contribution in [1.82, 2.24) is 9.80 Å². The van der Waals surface area contributed by atoms with E-state index in [0.717, 1.165) is 15.3 Å². The van der Waals surface area contributed by atoms with Crippen molar-refractivity contribution in [3.63, 3.8) is 0 Å². The lowest BCUT2D eigenvalue weighted by Gasteiger charge is -2.25. The maximum atomic E-state index is 13.3. The molecule has 1 aliphatic heterocycles. The number of hydrogen-bond acceptors (Lipinski definition) is 4. The molecule has 29 heavy (non-hydrogen) atoms. The summed E-state index contributed by atoms with van der Waals surface area (Å²) >= 11 is 3.32. The normalized spacial score (nSPS) is 16.4. The first-order chi connectivity index (χ1) is 14.1. The maximum Gasteiger partial charge on any atom is 0.228 e. The van der Waals surface area contributed by atoms with Crippen molar-refractivity contribution < 1.29 is 9.59 Å². The van der Waals surface area contributed by atoms with Gasteiger partial charge in [-0.3, -0.25) is 9.59 Å². The van der Waals surface area contributed by atoms with Crippen molar-refractivity contribution in [1.29, 1.82) is 0 Å². The van der Waals surface area contributed by atoms with E-state index in [9.17, 15) is 9.59 Å². The minimum Gasteiger partial charge on any atom is -0.338 e. The van der Waals surface area contributed by atoms with Crippen molar-refractivity contribution >= 4 is 34.5 Å². The summed E-state index contributed by atoms with van der Waals surface area (Å²) in [5.41, 5.74) is 2.30. The van der Waals surface area contributed by atoms with Crippen LogP contribution in [0.1, 0.15) is 27.3 Å². The topological polar surface area (TPSA) is 40.6 Å². The van der Waals surface area contributed by atoms with E-state index >= 15 is 0 Å². The average molecular weight is 425 g/mol. The van der Waals surface area contributed by atoms with Gasteiger partial charge in [-0.05, 0) is 35.4 Å². The van der Waals surface area contributed by atoms with Gasteiger partial charge in [-0.1, -0.05) is 42.0 Å². The van der Waals surface area contributed by atoms with Gasteiger partial charge in [0.15, 0.2) is 0 Å². The van der Waals surface area contributed by atoms with Gasteiger partial charge in [-0.25, -0.2) is 0 Å². The molecule has 0 radical (unpaired) electrons. The zero-order valence-corrected chi connectivity index (χ0v) is 18.0. The maximum absolute atomic E-state index is 13.3. The molecule has 1 aromatic carbocycles. The van der Waals surface area contributed by atoms with Crippen LogP contribution in [0.2, 0.25) is 0 Å². The Labute approximate surface area is 179 Å². The number of thiophene rings is 2. The van der Waals surface area contributed by atoms with Crippen molar-refractivity contribution in [2.45, 2.75) is 33.0 Å². The van der Waals surface area contributed by atoms with Crippen LogP contribution in [0.5, 0.6) is 0 Å². The summed E-state index contributed by atoms with van der Waals surface area (Å²) in [4.78, 5) is 32.0. The predicted molar refractivity (Wildman–Crippen MR) is 118 cm³/mol. The average Bonchev–Trinajstić information content (AvgIpc) is 3.46. The molecule has 2 aromatic heterocycles. The molecular weight excluding hydrogens is 400 g/mol. The molecule has 0 saturated carbocycles. The molecule has 1 unspecified atom stereocenters. The third-order valence-electron chi connectivity index (χ3n) is 5.22. The van der Waals surface area contributed by atoms with Crippen molar-refractivity contribution in [3.05, 3.63) is 80.2 Å². The first-order valence-electron chi connectivity index (χ1n) is 9.75. The molecule has 3 aromatic rings. The van der Waals surface area contributed by atoms with Crippen LogP contribution >= 0.6 is 22.7 Å². The van der Waals surface area contributed by atoms with E-state index in [1.165, 1.54) is 5.56 Å². The molecule has 0 aliphatic carbocycles. The highest BCUT2D eigenvalue weighted by molar-refractivity contribution is 7.10. The molecule has 1 aliphatic rings. The molecule has 6 heteroatoms. The summed E-state index contributed by atoms with van der Waals surface area (Å²) < 4.78 is 0. The van der Waals surface area contributed by atoms with Crippen LogP contribution < -0.4 is 0 Å². The van der Waals surface area contributed by atoms with Gasteiger partial charge in [-0.15, -0.1) is 22.7 Å². The largest absolute Gasteiger partial charge is 0.338 e. The molecule has 0 bridgehead atoms. The Bertz CT molecular complexity index is 913. The van der Waals surface area contributed by atoms with Crippen molar-refractivity contribution in [3.8, 4) is 0 Å². The summed E-state index contributed by atoms with van der Waals surface area (Å²) in [6.07, 6.45) is 0.302. The number of aryl methyl sites for hydroxylation is 1. The SMILES string of the molecule is Cc1ccc(CN2CC(C(=O)N(Cc3cccs3)Cc3cccs3)CC2=O)cc1. The van der Waals surface area contributed by atoms with Gasteiger partial charge in [0.25, 0.3) is 0 Å². The van der Waals surface area contributed by atoms with Gasteiger partial charge in [0.1, 0.15) is 0 Å². The molecule has 2 amide bonds. The Morgan fingerprint density at radius 1 is 1.03 bits per heavy atom. The fourth-order valence-electron chi connectivity index (χ4n) is 3.66. The van der Waals surface area contributed by atoms with Gasteiger partial charge < -0.3 is 9.80 Å². The summed E-state index contributed by atoms with van der Waals surface area (Å²) in [6, 6.07) is 16.4. The third kappa shape index (κ3) is 4.95. The Kier molecular flexibility index (Phi) is 6.11. The number of nitrogens with zero attached hydrogens (tertiary/aromatic N) is 2. The number of benzene rings is 1. The second-order valence-corrected chi connectivity index (χ2v) is 9.58.